The molecule has 5 aromatic rings. The molecule has 1 aliphatic carbocycles. The van der Waals surface area contributed by atoms with E-state index in [1.165, 1.54) is 10.1 Å². The van der Waals surface area contributed by atoms with Gasteiger partial charge < -0.3 is 29.7 Å². The number of anilines is 4. The summed E-state index contributed by atoms with van der Waals surface area (Å²) in [6, 6.07) is 10.8. The molecule has 0 bridgehead atoms. The minimum absolute atomic E-state index is 0.103. The lowest BCUT2D eigenvalue weighted by Crippen LogP contribution is -2.44. The van der Waals surface area contributed by atoms with Crippen molar-refractivity contribution in [2.45, 2.75) is 75.2 Å². The summed E-state index contributed by atoms with van der Waals surface area (Å²) < 4.78 is 39.1. The van der Waals surface area contributed by atoms with Crippen LogP contribution < -0.4 is 31.1 Å². The Bertz CT molecular complexity index is 2610. The van der Waals surface area contributed by atoms with Crippen molar-refractivity contribution in [1.29, 1.82) is 0 Å². The number of likely N-dealkylation sites (tertiary alicyclic amines) is 1. The first-order chi connectivity index (χ1) is 29.4. The van der Waals surface area contributed by atoms with Crippen LogP contribution in [0.3, 0.4) is 0 Å². The minimum atomic E-state index is -3.13. The summed E-state index contributed by atoms with van der Waals surface area (Å²) >= 11 is 6.63. The van der Waals surface area contributed by atoms with Gasteiger partial charge in [0.05, 0.1) is 40.6 Å². The maximum atomic E-state index is 15.2. The van der Waals surface area contributed by atoms with Crippen LogP contribution in [0.1, 0.15) is 74.5 Å². The van der Waals surface area contributed by atoms with Gasteiger partial charge in [0.2, 0.25) is 23.5 Å². The number of aromatic nitrogens is 5. The molecule has 2 atom stereocenters. The molecule has 5 aliphatic rings. The number of carbonyl (C=O) groups is 2. The molecule has 1 saturated carbocycles. The highest BCUT2D eigenvalue weighted by Crippen LogP contribution is 2.46. The number of ether oxygens (including phenoxy) is 1. The first-order valence-electron chi connectivity index (χ1n) is 21.4. The smallest absolute Gasteiger partial charge is 0.301 e. The van der Waals surface area contributed by atoms with Crippen molar-refractivity contribution in [2.24, 2.45) is 25.9 Å². The van der Waals surface area contributed by atoms with E-state index in [0.29, 0.717) is 70.9 Å². The number of hydrogen-bond acceptors (Lipinski definition) is 11. The summed E-state index contributed by atoms with van der Waals surface area (Å²) in [5.74, 6) is -2.27. The van der Waals surface area contributed by atoms with Crippen LogP contribution in [-0.2, 0) is 23.7 Å². The van der Waals surface area contributed by atoms with Gasteiger partial charge in [-0.1, -0.05) is 23.7 Å². The van der Waals surface area contributed by atoms with Crippen LogP contribution in [0.15, 0.2) is 47.4 Å². The molecule has 320 valence electrons. The van der Waals surface area contributed by atoms with Gasteiger partial charge in [-0.3, -0.25) is 24.4 Å². The molecule has 4 aliphatic heterocycles. The van der Waals surface area contributed by atoms with Crippen LogP contribution in [0.25, 0.3) is 21.8 Å². The Balaban J connectivity index is 0.763. The predicted octanol–water partition coefficient (Wildman–Crippen LogP) is 6.45. The second-order valence-electron chi connectivity index (χ2n) is 17.6. The quantitative estimate of drug-likeness (QED) is 0.148. The Morgan fingerprint density at radius 2 is 1.72 bits per heavy atom. The number of pyridine rings is 1. The lowest BCUT2D eigenvalue weighted by Gasteiger charge is -2.38. The number of carbonyl (C=O) groups excluding carboxylic acids is 2. The molecule has 0 spiro atoms. The molecule has 0 radical (unpaired) electrons. The van der Waals surface area contributed by atoms with Crippen molar-refractivity contribution in [1.82, 2.24) is 34.5 Å². The number of piperidine rings is 3. The number of amides is 2. The van der Waals surface area contributed by atoms with Crippen molar-refractivity contribution in [3.63, 3.8) is 0 Å². The molecule has 17 heteroatoms. The van der Waals surface area contributed by atoms with Gasteiger partial charge >= 0.3 is 5.92 Å². The van der Waals surface area contributed by atoms with Crippen LogP contribution in [0.2, 0.25) is 5.02 Å². The van der Waals surface area contributed by atoms with Crippen LogP contribution in [0.5, 0.6) is 5.75 Å². The van der Waals surface area contributed by atoms with Crippen molar-refractivity contribution < 1.29 is 23.1 Å². The van der Waals surface area contributed by atoms with Gasteiger partial charge in [0.15, 0.2) is 12.4 Å². The zero-order valence-corrected chi connectivity index (χ0v) is 35.0. The van der Waals surface area contributed by atoms with Crippen LogP contribution in [0.4, 0.5) is 31.9 Å². The molecule has 10 rings (SSSR count). The highest BCUT2D eigenvalue weighted by Gasteiger charge is 2.51. The molecule has 14 nitrogen and oxygen atoms in total. The number of nitrogens with one attached hydrogen (secondary N) is 3. The molecule has 3 N–H and O–H groups in total. The predicted molar refractivity (Wildman–Crippen MR) is 229 cm³/mol. The number of alkyl halides is 2. The highest BCUT2D eigenvalue weighted by atomic mass is 35.5. The summed E-state index contributed by atoms with van der Waals surface area (Å²) in [4.78, 5) is 51.8. The number of fused-ring (bicyclic) bond motifs is 4. The molecule has 2 amide bonds. The number of halogens is 3. The van der Waals surface area contributed by atoms with E-state index in [1.807, 2.05) is 23.9 Å². The molecular weight excluding hydrogens is 806 g/mol. The molecule has 2 unspecified atom stereocenters. The second-order valence-corrected chi connectivity index (χ2v) is 18.0. The Labute approximate surface area is 356 Å². The first-order valence-corrected chi connectivity index (χ1v) is 21.8. The number of rotatable bonds is 8. The van der Waals surface area contributed by atoms with Gasteiger partial charge in [-0.2, -0.15) is 10.1 Å². The molecule has 3 aromatic heterocycles. The fourth-order valence-electron chi connectivity index (χ4n) is 9.92. The fraction of sp³-hybridized carbons (Fsp3) is 0.500. The average Bonchev–Trinajstić information content (AvgIpc) is 4.06. The van der Waals surface area contributed by atoms with Crippen molar-refractivity contribution >= 4 is 68.4 Å². The van der Waals surface area contributed by atoms with E-state index < -0.39 is 30.0 Å². The summed E-state index contributed by atoms with van der Waals surface area (Å²) in [5.41, 5.74) is 4.08. The number of hydrogen-bond donors (Lipinski definition) is 3. The Kier molecular flexibility index (Phi) is 10.1. The molecule has 3 saturated heterocycles. The van der Waals surface area contributed by atoms with Gasteiger partial charge in [-0.05, 0) is 106 Å². The van der Waals surface area contributed by atoms with E-state index in [2.05, 4.69) is 48.9 Å². The summed E-state index contributed by atoms with van der Waals surface area (Å²) in [6.45, 7) is 3.92. The SMILES string of the molecule is Cn1nc(C2CCC(=O)NC2=O)c2ccc(C3CCN(CC4CCN(c5ncc(Cl)c(Nc6ccc7c(c6)c6c(c(=O)n7C)OCC(F)(F)C(C7CC7)N6)n5)CC4)CC3)cc21. The van der Waals surface area contributed by atoms with Crippen LogP contribution in [0, 0.1) is 11.8 Å². The Morgan fingerprint density at radius 1 is 0.934 bits per heavy atom. The Hall–Kier alpha value is -5.35. The zero-order valence-electron chi connectivity index (χ0n) is 34.2. The molecule has 2 aromatic carbocycles. The van der Waals surface area contributed by atoms with Crippen molar-refractivity contribution in [2.75, 3.05) is 54.9 Å². The molecular formula is C44H49ClF2N10O4. The van der Waals surface area contributed by atoms with E-state index in [-0.39, 0.29) is 29.2 Å². The van der Waals surface area contributed by atoms with Gasteiger partial charge in [-0.25, -0.2) is 13.8 Å². The average molecular weight is 855 g/mol. The van der Waals surface area contributed by atoms with E-state index in [9.17, 15) is 14.4 Å². The Morgan fingerprint density at radius 3 is 2.48 bits per heavy atom. The summed E-state index contributed by atoms with van der Waals surface area (Å²) in [5, 5.41) is 15.4. The highest BCUT2D eigenvalue weighted by molar-refractivity contribution is 6.33. The summed E-state index contributed by atoms with van der Waals surface area (Å²) in [6.07, 6.45) is 8.01. The third-order valence-electron chi connectivity index (χ3n) is 13.6. The van der Waals surface area contributed by atoms with Gasteiger partial charge in [-0.15, -0.1) is 0 Å². The van der Waals surface area contributed by atoms with E-state index >= 15 is 8.78 Å². The third kappa shape index (κ3) is 7.55. The largest absolute Gasteiger partial charge is 0.480 e. The van der Waals surface area contributed by atoms with E-state index in [4.69, 9.17) is 26.4 Å². The third-order valence-corrected chi connectivity index (χ3v) is 13.8. The number of nitrogens with zero attached hydrogens (tertiary/aromatic N) is 7. The van der Waals surface area contributed by atoms with Gasteiger partial charge in [0, 0.05) is 56.6 Å². The van der Waals surface area contributed by atoms with E-state index in [1.54, 1.807) is 19.3 Å². The number of aryl methyl sites for hydroxylation is 2. The van der Waals surface area contributed by atoms with Crippen molar-refractivity contribution in [3.8, 4) is 5.75 Å². The summed E-state index contributed by atoms with van der Waals surface area (Å²) in [7, 11) is 3.53. The van der Waals surface area contributed by atoms with Gasteiger partial charge in [0.25, 0.3) is 5.56 Å². The van der Waals surface area contributed by atoms with Crippen LogP contribution >= 0.6 is 11.6 Å². The lowest BCUT2D eigenvalue weighted by atomic mass is 9.87. The van der Waals surface area contributed by atoms with Crippen molar-refractivity contribution in [3.05, 3.63) is 69.2 Å². The lowest BCUT2D eigenvalue weighted by molar-refractivity contribution is -0.134. The number of imide groups is 1. The standard InChI is InChI=1S/C44H49ClF2N10O4/c1-54-33-9-6-28(20-31(33)37-38(42(54)60)61-23-44(46,47)39(51-37)26-3-4-26)49-40-32(45)21-48-43(52-40)57-17-11-24(12-18-57)22-56-15-13-25(14-16-56)27-5-7-29-34(19-27)55(2)53-36(29)30-8-10-35(58)50-41(30)59/h5-7,9,19-21,24-26,30,39,51H,3-4,8,10-18,22-23H2,1-2H3,(H,48,49,52)(H,50,58,59). The normalized spacial score (nSPS) is 22.7. The van der Waals surface area contributed by atoms with Gasteiger partial charge in [0.1, 0.15) is 5.02 Å². The minimum Gasteiger partial charge on any atom is -0.480 e. The first kappa shape index (κ1) is 39.8. The number of benzene rings is 2. The van der Waals surface area contributed by atoms with E-state index in [0.717, 1.165) is 75.0 Å². The molecule has 61 heavy (non-hydrogen) atoms. The molecule has 7 heterocycles. The topological polar surface area (TPSA) is 152 Å². The zero-order chi connectivity index (χ0) is 42.2. The molecule has 4 fully saturated rings. The second kappa shape index (κ2) is 15.5. The van der Waals surface area contributed by atoms with Crippen LogP contribution in [-0.4, -0.2) is 92.3 Å². The maximum Gasteiger partial charge on any atom is 0.301 e. The maximum absolute atomic E-state index is 15.2. The monoisotopic (exact) mass is 854 g/mol. The fourth-order valence-corrected chi connectivity index (χ4v) is 10.1.